The minimum absolute atomic E-state index is 0.319. The van der Waals surface area contributed by atoms with Crippen LogP contribution < -0.4 is 0 Å². The molecule has 2 heteroatoms. The Balaban J connectivity index is 4.29. The van der Waals surface area contributed by atoms with Gasteiger partial charge in [0.05, 0.1) is 0 Å². The molecule has 0 aromatic carbocycles. The predicted molar refractivity (Wildman–Crippen MR) is 36.1 cm³/mol. The fraction of sp³-hybridized carbons (Fsp3) is 0.857. The second-order valence-corrected chi connectivity index (χ2v) is 3.21. The quantitative estimate of drug-likeness (QED) is 0.608. The maximum absolute atomic E-state index is 11.0. The molecule has 1 atom stereocenters. The monoisotopic (exact) mass is 132 g/mol. The summed E-state index contributed by atoms with van der Waals surface area (Å²) in [5.74, 6) is -0.340. The first-order chi connectivity index (χ1) is 4.93. The number of hydrogen-bond acceptors (Lipinski definition) is 2. The molecule has 0 aliphatic rings. The average Bonchev–Trinajstić information content (AvgIpc) is 1.86. The van der Waals surface area contributed by atoms with Crippen LogP contribution in [-0.2, 0) is 4.79 Å². The van der Waals surface area contributed by atoms with Crippen molar-refractivity contribution in [2.24, 2.45) is 5.41 Å². The lowest BCUT2D eigenvalue weighted by molar-refractivity contribution is -0.129. The first-order valence-electron chi connectivity index (χ1n) is 3.99. The van der Waals surface area contributed by atoms with E-state index in [4.69, 9.17) is 2.80 Å². The molecule has 9 heavy (non-hydrogen) atoms. The Morgan fingerprint density at radius 3 is 2.44 bits per heavy atom. The fourth-order valence-corrected chi connectivity index (χ4v) is 0.483. The molecule has 0 aromatic heterocycles. The lowest BCUT2D eigenvalue weighted by Gasteiger charge is -2.22. The van der Waals surface area contributed by atoms with Gasteiger partial charge in [-0.05, 0) is 12.3 Å². The second-order valence-electron chi connectivity index (χ2n) is 3.21. The molecular formula is C7H14O2. The van der Waals surface area contributed by atoms with Crippen molar-refractivity contribution < 1.29 is 11.3 Å². The summed E-state index contributed by atoms with van der Waals surface area (Å²) in [6, 6.07) is 0. The first-order valence-corrected chi connectivity index (χ1v) is 2.87. The predicted octanol–water partition coefficient (Wildman–Crippen LogP) is 0.982. The maximum Gasteiger partial charge on any atom is 0.211 e. The molecule has 1 unspecified atom stereocenters. The van der Waals surface area contributed by atoms with Crippen LogP contribution in [0.1, 0.15) is 29.0 Å². The van der Waals surface area contributed by atoms with Gasteiger partial charge in [-0.1, -0.05) is 20.8 Å². The normalized spacial score (nSPS) is 18.1. The second kappa shape index (κ2) is 2.48. The van der Waals surface area contributed by atoms with Crippen LogP contribution in [0.25, 0.3) is 0 Å². The molecule has 0 aromatic rings. The highest BCUT2D eigenvalue weighted by atomic mass is 16.3. The van der Waals surface area contributed by atoms with Crippen LogP contribution in [0.15, 0.2) is 0 Å². The van der Waals surface area contributed by atoms with Crippen molar-refractivity contribution in [3.63, 3.8) is 0 Å². The lowest BCUT2D eigenvalue weighted by atomic mass is 9.87. The largest absolute Gasteiger partial charge is 0.385 e. The van der Waals surface area contributed by atoms with Gasteiger partial charge in [-0.25, -0.2) is 0 Å². The third-order valence-electron chi connectivity index (χ3n) is 1.08. The van der Waals surface area contributed by atoms with Crippen molar-refractivity contribution in [2.75, 3.05) is 0 Å². The Morgan fingerprint density at radius 1 is 1.78 bits per heavy atom. The summed E-state index contributed by atoms with van der Waals surface area (Å²) in [7, 11) is 0. The smallest absolute Gasteiger partial charge is 0.211 e. The van der Waals surface area contributed by atoms with Gasteiger partial charge in [0.25, 0.3) is 0 Å². The number of carbonyl (C=O) groups is 1. The van der Waals surface area contributed by atoms with Gasteiger partial charge in [-0.15, -0.1) is 0 Å². The van der Waals surface area contributed by atoms with Gasteiger partial charge in [0, 0.05) is 1.37 Å². The number of hydrogen-bond donors (Lipinski definition) is 1. The fourth-order valence-electron chi connectivity index (χ4n) is 0.483. The highest BCUT2D eigenvalue weighted by Crippen LogP contribution is 2.18. The Bertz CT molecular complexity index is 140. The highest BCUT2D eigenvalue weighted by molar-refractivity contribution is 5.80. The SMILES string of the molecule is [2H]CC(=O)C(O[2H])C(C)(C)C. The molecule has 0 aliphatic heterocycles. The van der Waals surface area contributed by atoms with E-state index in [0.717, 1.165) is 0 Å². The average molecular weight is 132 g/mol. The minimum atomic E-state index is -0.778. The van der Waals surface area contributed by atoms with E-state index in [1.165, 1.54) is 0 Å². The van der Waals surface area contributed by atoms with Crippen LogP contribution in [0.2, 0.25) is 0 Å². The van der Waals surface area contributed by atoms with Crippen molar-refractivity contribution >= 4 is 5.78 Å². The van der Waals surface area contributed by atoms with Crippen LogP contribution in [0, 0.1) is 5.41 Å². The number of carbonyl (C=O) groups excluding carboxylic acids is 1. The molecule has 2 nitrogen and oxygen atoms in total. The van der Waals surface area contributed by atoms with Gasteiger partial charge in [0.2, 0.25) is 1.43 Å². The van der Waals surface area contributed by atoms with Crippen molar-refractivity contribution in [3.05, 3.63) is 0 Å². The number of aliphatic hydroxyl groups is 1. The number of ketones is 1. The summed E-state index contributed by atoms with van der Waals surface area (Å²) in [6.45, 7) is 5.10. The van der Waals surface area contributed by atoms with Gasteiger partial charge in [-0.2, -0.15) is 0 Å². The Labute approximate surface area is 58.8 Å². The molecule has 0 radical (unpaired) electrons. The van der Waals surface area contributed by atoms with Crippen molar-refractivity contribution in [3.8, 4) is 0 Å². The van der Waals surface area contributed by atoms with E-state index >= 15 is 0 Å². The maximum atomic E-state index is 11.0. The van der Waals surface area contributed by atoms with Gasteiger partial charge >= 0.3 is 0 Å². The standard InChI is InChI=1S/C7H14O2/c1-5(8)6(9)7(2,3)4/h6,9H,1-4H3/i1D,9D. The third kappa shape index (κ3) is 2.61. The zero-order valence-corrected chi connectivity index (χ0v) is 6.10. The first kappa shape index (κ1) is 5.42. The lowest BCUT2D eigenvalue weighted by Crippen LogP contribution is -2.32. The van der Waals surface area contributed by atoms with Gasteiger partial charge < -0.3 is 5.11 Å². The van der Waals surface area contributed by atoms with Crippen LogP contribution in [0.3, 0.4) is 0 Å². The molecule has 0 bridgehead atoms. The number of Topliss-reactive ketones (excluding diaryl/α,β-unsaturated/α-hetero) is 1. The zero-order valence-electron chi connectivity index (χ0n) is 8.10. The summed E-state index contributed by atoms with van der Waals surface area (Å²) in [5.41, 5.74) is -0.389. The molecule has 0 fully saturated rings. The molecule has 0 rings (SSSR count). The van der Waals surface area contributed by atoms with Crippen molar-refractivity contribution in [2.45, 2.75) is 33.8 Å². The van der Waals surface area contributed by atoms with E-state index in [1.807, 2.05) is 0 Å². The van der Waals surface area contributed by atoms with E-state index in [1.54, 1.807) is 20.8 Å². The highest BCUT2D eigenvalue weighted by Gasteiger charge is 2.25. The topological polar surface area (TPSA) is 37.3 Å². The summed E-state index contributed by atoms with van der Waals surface area (Å²) >= 11 is 0. The number of aliphatic hydroxyl groups excluding tert-OH is 1. The molecule has 0 saturated heterocycles. The Morgan fingerprint density at radius 2 is 2.33 bits per heavy atom. The summed E-state index contributed by atoms with van der Waals surface area (Å²) in [4.78, 5) is 11.0. The van der Waals surface area contributed by atoms with E-state index in [-0.39, 0.29) is 18.1 Å². The molecule has 0 saturated carbocycles. The van der Waals surface area contributed by atoms with Crippen LogP contribution in [0.4, 0.5) is 0 Å². The molecule has 54 valence electrons. The Kier molecular flexibility index (Phi) is 1.49. The minimum Gasteiger partial charge on any atom is -0.385 e. The molecule has 0 spiro atoms. The van der Waals surface area contributed by atoms with Crippen molar-refractivity contribution in [1.29, 1.82) is 1.43 Å². The molecule has 0 amide bonds. The molecule has 0 aliphatic carbocycles. The third-order valence-corrected chi connectivity index (χ3v) is 1.08. The van der Waals surface area contributed by atoms with Gasteiger partial charge in [0.1, 0.15) is 6.10 Å². The molecule has 0 heterocycles. The summed E-state index contributed by atoms with van der Waals surface area (Å²) < 4.78 is 13.5. The van der Waals surface area contributed by atoms with Gasteiger partial charge in [-0.3, -0.25) is 4.79 Å². The zero-order chi connectivity index (χ0) is 9.07. The van der Waals surface area contributed by atoms with Crippen LogP contribution >= 0.6 is 0 Å². The summed E-state index contributed by atoms with van der Waals surface area (Å²) in [5, 5.41) is 4.25. The number of rotatable bonds is 2. The van der Waals surface area contributed by atoms with E-state index in [2.05, 4.69) is 5.11 Å². The molecular weight excluding hydrogens is 116 g/mol. The summed E-state index contributed by atoms with van der Waals surface area (Å²) in [6.07, 6.45) is -0.778. The van der Waals surface area contributed by atoms with E-state index in [9.17, 15) is 4.79 Å². The molecule has 1 N–H and O–H groups in total. The Hall–Kier alpha value is -0.370. The van der Waals surface area contributed by atoms with Crippen LogP contribution in [-0.4, -0.2) is 18.4 Å². The van der Waals surface area contributed by atoms with E-state index in [0.29, 0.717) is 0 Å². The van der Waals surface area contributed by atoms with Gasteiger partial charge in [0.15, 0.2) is 5.78 Å². The van der Waals surface area contributed by atoms with Crippen LogP contribution in [0.5, 0.6) is 0 Å². The van der Waals surface area contributed by atoms with E-state index < -0.39 is 6.10 Å². The van der Waals surface area contributed by atoms with Crippen molar-refractivity contribution in [1.82, 2.24) is 0 Å².